The van der Waals surface area contributed by atoms with Gasteiger partial charge in [-0.15, -0.1) is 0 Å². The molecular weight excluding hydrogens is 333 g/mol. The molecule has 2 unspecified atom stereocenters. The Morgan fingerprint density at radius 3 is 2.58 bits per heavy atom. The van der Waals surface area contributed by atoms with Crippen LogP contribution in [-0.2, 0) is 14.8 Å². The van der Waals surface area contributed by atoms with E-state index in [0.717, 1.165) is 19.0 Å². The summed E-state index contributed by atoms with van der Waals surface area (Å²) < 4.78 is 41.2. The maximum absolute atomic E-state index is 13.8. The molecule has 1 fully saturated rings. The minimum absolute atomic E-state index is 0.0386. The Kier molecular flexibility index (Phi) is 5.95. The molecule has 134 valence electrons. The smallest absolute Gasteiger partial charge is 0.244 e. The molecule has 0 saturated carbocycles. The fraction of sp³-hybridized carbons (Fsp3) is 0.562. The van der Waals surface area contributed by atoms with Crippen LogP contribution in [0.15, 0.2) is 29.2 Å². The molecular formula is C16H24FN3O3S. The first-order chi connectivity index (χ1) is 11.2. The van der Waals surface area contributed by atoms with Crippen LogP contribution in [0.25, 0.3) is 0 Å². The van der Waals surface area contributed by atoms with E-state index in [1.165, 1.54) is 18.2 Å². The number of rotatable bonds is 6. The van der Waals surface area contributed by atoms with E-state index in [2.05, 4.69) is 10.0 Å². The maximum Gasteiger partial charge on any atom is 0.244 e. The number of halogens is 1. The van der Waals surface area contributed by atoms with Gasteiger partial charge in [0.2, 0.25) is 15.9 Å². The summed E-state index contributed by atoms with van der Waals surface area (Å²) in [4.78, 5) is 13.9. The third-order valence-corrected chi connectivity index (χ3v) is 5.75. The van der Waals surface area contributed by atoms with Crippen LogP contribution in [0.2, 0.25) is 0 Å². The molecule has 8 heteroatoms. The number of hydrogen-bond donors (Lipinski definition) is 2. The topological polar surface area (TPSA) is 78.5 Å². The predicted octanol–water partition coefficient (Wildman–Crippen LogP) is 0.949. The zero-order valence-electron chi connectivity index (χ0n) is 14.1. The van der Waals surface area contributed by atoms with E-state index < -0.39 is 26.8 Å². The van der Waals surface area contributed by atoms with Gasteiger partial charge in [-0.3, -0.25) is 4.79 Å². The lowest BCUT2D eigenvalue weighted by Gasteiger charge is -2.30. The second kappa shape index (κ2) is 7.58. The van der Waals surface area contributed by atoms with Crippen molar-refractivity contribution in [3.63, 3.8) is 0 Å². The summed E-state index contributed by atoms with van der Waals surface area (Å²) >= 11 is 0. The highest BCUT2D eigenvalue weighted by molar-refractivity contribution is 7.89. The van der Waals surface area contributed by atoms with Crippen molar-refractivity contribution in [1.82, 2.24) is 14.9 Å². The van der Waals surface area contributed by atoms with Crippen molar-refractivity contribution in [3.8, 4) is 0 Å². The first-order valence-corrected chi connectivity index (χ1v) is 9.46. The van der Waals surface area contributed by atoms with Crippen molar-refractivity contribution in [1.29, 1.82) is 0 Å². The Morgan fingerprint density at radius 2 is 2.04 bits per heavy atom. The second-order valence-electron chi connectivity index (χ2n) is 6.37. The summed E-state index contributed by atoms with van der Waals surface area (Å²) in [5, 5.41) is 3.18. The van der Waals surface area contributed by atoms with Crippen molar-refractivity contribution in [2.24, 2.45) is 5.92 Å². The van der Waals surface area contributed by atoms with E-state index >= 15 is 0 Å². The molecule has 2 rings (SSSR count). The van der Waals surface area contributed by atoms with E-state index in [-0.39, 0.29) is 17.9 Å². The lowest BCUT2D eigenvalue weighted by atomic mass is 10.0. The molecule has 1 aromatic carbocycles. The zero-order chi connectivity index (χ0) is 17.9. The summed E-state index contributed by atoms with van der Waals surface area (Å²) in [6, 6.07) is 4.22. The van der Waals surface area contributed by atoms with Crippen LogP contribution >= 0.6 is 0 Å². The predicted molar refractivity (Wildman–Crippen MR) is 89.4 cm³/mol. The number of likely N-dealkylation sites (N-methyl/N-ethyl adjacent to an activating group) is 1. The summed E-state index contributed by atoms with van der Waals surface area (Å²) in [6.07, 6.45) is 0.827. The monoisotopic (exact) mass is 357 g/mol. The van der Waals surface area contributed by atoms with Crippen molar-refractivity contribution in [2.75, 3.05) is 20.1 Å². The molecule has 1 aromatic rings. The molecule has 1 aliphatic heterocycles. The largest absolute Gasteiger partial charge is 0.340 e. The Bertz CT molecular complexity index is 688. The molecule has 1 heterocycles. The van der Waals surface area contributed by atoms with Crippen molar-refractivity contribution in [3.05, 3.63) is 30.1 Å². The summed E-state index contributed by atoms with van der Waals surface area (Å²) in [5.74, 6) is -1.41. The molecule has 0 radical (unpaired) electrons. The van der Waals surface area contributed by atoms with E-state index in [1.807, 2.05) is 0 Å². The number of nitrogens with zero attached hydrogens (tertiary/aromatic N) is 1. The number of benzene rings is 1. The Hall–Kier alpha value is -1.51. The normalized spacial score (nSPS) is 19.5. The van der Waals surface area contributed by atoms with Gasteiger partial charge >= 0.3 is 0 Å². The van der Waals surface area contributed by atoms with Gasteiger partial charge in [0.15, 0.2) is 0 Å². The molecule has 1 saturated heterocycles. The first-order valence-electron chi connectivity index (χ1n) is 7.98. The van der Waals surface area contributed by atoms with Gasteiger partial charge in [0, 0.05) is 19.6 Å². The molecule has 1 amide bonds. The molecule has 2 N–H and O–H groups in total. The van der Waals surface area contributed by atoms with Crippen LogP contribution in [0.4, 0.5) is 4.39 Å². The summed E-state index contributed by atoms with van der Waals surface area (Å²) in [7, 11) is -2.45. The van der Waals surface area contributed by atoms with Crippen LogP contribution in [0.1, 0.15) is 20.3 Å². The van der Waals surface area contributed by atoms with Gasteiger partial charge in [-0.1, -0.05) is 26.0 Å². The van der Waals surface area contributed by atoms with Crippen LogP contribution in [0, 0.1) is 11.7 Å². The third-order valence-electron chi connectivity index (χ3n) is 4.27. The first kappa shape index (κ1) is 18.8. The third kappa shape index (κ3) is 4.12. The molecule has 6 nitrogen and oxygen atoms in total. The molecule has 2 atom stereocenters. The zero-order valence-corrected chi connectivity index (χ0v) is 14.9. The van der Waals surface area contributed by atoms with Crippen LogP contribution in [0.5, 0.6) is 0 Å². The number of hydrogen-bond acceptors (Lipinski definition) is 4. The SMILES string of the molecule is CC(C)C(NS(=O)(=O)c1ccccc1F)C(=O)N(C)C1CCNC1. The second-order valence-corrected chi connectivity index (χ2v) is 8.05. The van der Waals surface area contributed by atoms with Gasteiger partial charge in [0.1, 0.15) is 16.8 Å². The highest BCUT2D eigenvalue weighted by atomic mass is 32.2. The average molecular weight is 357 g/mol. The van der Waals surface area contributed by atoms with Gasteiger partial charge in [-0.05, 0) is 31.0 Å². The average Bonchev–Trinajstić information content (AvgIpc) is 3.05. The van der Waals surface area contributed by atoms with Crippen LogP contribution in [0.3, 0.4) is 0 Å². The van der Waals surface area contributed by atoms with Crippen LogP contribution < -0.4 is 10.0 Å². The number of carbonyl (C=O) groups excluding carboxylic acids is 1. The highest BCUT2D eigenvalue weighted by Crippen LogP contribution is 2.17. The van der Waals surface area contributed by atoms with Crippen molar-refractivity contribution < 1.29 is 17.6 Å². The van der Waals surface area contributed by atoms with E-state index in [4.69, 9.17) is 0 Å². The number of sulfonamides is 1. The maximum atomic E-state index is 13.8. The van der Waals surface area contributed by atoms with Gasteiger partial charge in [0.05, 0.1) is 0 Å². The Balaban J connectivity index is 2.22. The van der Waals surface area contributed by atoms with E-state index in [9.17, 15) is 17.6 Å². The molecule has 0 aliphatic carbocycles. The minimum Gasteiger partial charge on any atom is -0.340 e. The van der Waals surface area contributed by atoms with Gasteiger partial charge in [-0.2, -0.15) is 4.72 Å². The lowest BCUT2D eigenvalue weighted by Crippen LogP contribution is -2.53. The van der Waals surface area contributed by atoms with E-state index in [0.29, 0.717) is 6.54 Å². The Morgan fingerprint density at radius 1 is 1.38 bits per heavy atom. The lowest BCUT2D eigenvalue weighted by molar-refractivity contribution is -0.134. The number of nitrogens with one attached hydrogen (secondary N) is 2. The van der Waals surface area contributed by atoms with Crippen molar-refractivity contribution in [2.45, 2.75) is 37.2 Å². The number of amides is 1. The molecule has 0 spiro atoms. The fourth-order valence-corrected chi connectivity index (χ4v) is 4.15. The van der Waals surface area contributed by atoms with Gasteiger partial charge in [0.25, 0.3) is 0 Å². The molecule has 0 aromatic heterocycles. The van der Waals surface area contributed by atoms with Crippen LogP contribution in [-0.4, -0.2) is 51.4 Å². The van der Waals surface area contributed by atoms with Gasteiger partial charge < -0.3 is 10.2 Å². The van der Waals surface area contributed by atoms with Gasteiger partial charge in [-0.25, -0.2) is 12.8 Å². The quantitative estimate of drug-likeness (QED) is 0.795. The minimum atomic E-state index is -4.13. The molecule has 1 aliphatic rings. The number of carbonyl (C=O) groups is 1. The van der Waals surface area contributed by atoms with Crippen molar-refractivity contribution >= 4 is 15.9 Å². The summed E-state index contributed by atoms with van der Waals surface area (Å²) in [5.41, 5.74) is 0. The highest BCUT2D eigenvalue weighted by Gasteiger charge is 2.34. The standard InChI is InChI=1S/C16H24FN3O3S/c1-11(2)15(16(21)20(3)12-8-9-18-10-12)19-24(22,23)14-7-5-4-6-13(14)17/h4-7,11-12,15,18-19H,8-10H2,1-3H3. The fourth-order valence-electron chi connectivity index (χ4n) is 2.73. The molecule has 0 bridgehead atoms. The molecule has 24 heavy (non-hydrogen) atoms. The van der Waals surface area contributed by atoms with E-state index in [1.54, 1.807) is 25.8 Å². The summed E-state index contributed by atoms with van der Waals surface area (Å²) in [6.45, 7) is 5.03. The Labute approximate surface area is 142 Å².